The number of carbonyl (C=O) groups is 1. The highest BCUT2D eigenvalue weighted by molar-refractivity contribution is 7.92. The van der Waals surface area contributed by atoms with Gasteiger partial charge in [-0.25, -0.2) is 8.42 Å². The first-order valence-electron chi connectivity index (χ1n) is 10.5. The number of sulfonamides is 1. The van der Waals surface area contributed by atoms with Gasteiger partial charge in [0.2, 0.25) is 15.9 Å². The van der Waals surface area contributed by atoms with Crippen molar-refractivity contribution in [3.05, 3.63) is 64.7 Å². The van der Waals surface area contributed by atoms with Gasteiger partial charge in [-0.1, -0.05) is 24.3 Å². The molecule has 0 spiro atoms. The Morgan fingerprint density at radius 1 is 1.34 bits per heavy atom. The molecule has 0 aliphatic carbocycles. The van der Waals surface area contributed by atoms with Gasteiger partial charge < -0.3 is 10.0 Å². The molecule has 32 heavy (non-hydrogen) atoms. The van der Waals surface area contributed by atoms with E-state index >= 15 is 0 Å². The Balaban J connectivity index is 1.54. The molecule has 2 atom stereocenters. The maximum atomic E-state index is 13.2. The van der Waals surface area contributed by atoms with E-state index < -0.39 is 10.0 Å². The van der Waals surface area contributed by atoms with Crippen LogP contribution in [0.15, 0.2) is 42.5 Å². The maximum Gasteiger partial charge on any atom is 0.237 e. The quantitative estimate of drug-likeness (QED) is 0.686. The smallest absolute Gasteiger partial charge is 0.237 e. The van der Waals surface area contributed by atoms with Crippen LogP contribution in [0.25, 0.3) is 0 Å². The molecule has 9 heteroatoms. The molecule has 2 aliphatic heterocycles. The number of hydrogen-bond donors (Lipinski definition) is 2. The molecule has 8 nitrogen and oxygen atoms in total. The number of nitrogens with one attached hydrogen (secondary N) is 1. The van der Waals surface area contributed by atoms with E-state index in [0.29, 0.717) is 36.3 Å². The molecule has 4 rings (SSSR count). The number of β-amino-alcohol motifs (C(OH)–C–C–N with tert-alkyl or cyclic N) is 1. The fourth-order valence-corrected chi connectivity index (χ4v) is 5.58. The lowest BCUT2D eigenvalue weighted by Crippen LogP contribution is -2.39. The van der Waals surface area contributed by atoms with Crippen molar-refractivity contribution in [3.63, 3.8) is 0 Å². The van der Waals surface area contributed by atoms with Crippen LogP contribution < -0.4 is 4.72 Å². The molecule has 0 saturated carbocycles. The summed E-state index contributed by atoms with van der Waals surface area (Å²) in [5.74, 6) is -0.159. The number of fused-ring (bicyclic) bond motifs is 1. The highest BCUT2D eigenvalue weighted by Crippen LogP contribution is 2.29. The first-order chi connectivity index (χ1) is 15.2. The van der Waals surface area contributed by atoms with Crippen LogP contribution in [-0.2, 0) is 27.0 Å². The Bertz CT molecular complexity index is 1170. The lowest BCUT2D eigenvalue weighted by atomic mass is 10.0. The number of benzene rings is 2. The topological polar surface area (TPSA) is 114 Å². The molecular formula is C23H26N4O4S. The number of amides is 1. The summed E-state index contributed by atoms with van der Waals surface area (Å²) in [4.78, 5) is 17.0. The Labute approximate surface area is 188 Å². The number of likely N-dealkylation sites (tertiary alicyclic amines) is 1. The highest BCUT2D eigenvalue weighted by atomic mass is 32.2. The average Bonchev–Trinajstić information content (AvgIpc) is 3.31. The van der Waals surface area contributed by atoms with Crippen LogP contribution >= 0.6 is 0 Å². The van der Waals surface area contributed by atoms with Crippen LogP contribution in [0.1, 0.15) is 34.7 Å². The van der Waals surface area contributed by atoms with Crippen molar-refractivity contribution in [2.45, 2.75) is 30.7 Å². The molecule has 1 fully saturated rings. The van der Waals surface area contributed by atoms with Crippen LogP contribution in [0.4, 0.5) is 5.69 Å². The summed E-state index contributed by atoms with van der Waals surface area (Å²) in [5.41, 5.74) is 3.35. The third-order valence-corrected chi connectivity index (χ3v) is 7.30. The second-order valence-corrected chi connectivity index (χ2v) is 10.2. The molecule has 2 aliphatic rings. The van der Waals surface area contributed by atoms with E-state index in [1.54, 1.807) is 42.3 Å². The van der Waals surface area contributed by atoms with Gasteiger partial charge in [0, 0.05) is 26.7 Å². The molecule has 1 unspecified atom stereocenters. The lowest BCUT2D eigenvalue weighted by Gasteiger charge is -2.32. The van der Waals surface area contributed by atoms with E-state index in [2.05, 4.69) is 15.7 Å². The number of anilines is 1. The SMILES string of the molecule is CN(C(=O)Cc1ccc2c(c1)NS(=O)(=O)C2)C(CN1CC[C@H](O)C1)c1cccc(C#N)c1. The van der Waals surface area contributed by atoms with Crippen molar-refractivity contribution < 1.29 is 18.3 Å². The predicted octanol–water partition coefficient (Wildman–Crippen LogP) is 1.62. The minimum absolute atomic E-state index is 0.0462. The molecule has 0 aromatic heterocycles. The van der Waals surface area contributed by atoms with Crippen LogP contribution in [0.3, 0.4) is 0 Å². The Hall–Kier alpha value is -2.93. The van der Waals surface area contributed by atoms with E-state index in [1.807, 2.05) is 12.1 Å². The summed E-state index contributed by atoms with van der Waals surface area (Å²) in [6.45, 7) is 1.86. The summed E-state index contributed by atoms with van der Waals surface area (Å²) in [6.07, 6.45) is 0.466. The van der Waals surface area contributed by atoms with Gasteiger partial charge in [-0.2, -0.15) is 5.26 Å². The number of likely N-dealkylation sites (N-methyl/N-ethyl adjacent to an activating group) is 1. The molecule has 2 N–H and O–H groups in total. The van der Waals surface area contributed by atoms with Crippen LogP contribution in [-0.4, -0.2) is 62.0 Å². The lowest BCUT2D eigenvalue weighted by molar-refractivity contribution is -0.131. The zero-order chi connectivity index (χ0) is 22.9. The number of hydrogen-bond acceptors (Lipinski definition) is 6. The number of nitriles is 1. The largest absolute Gasteiger partial charge is 0.392 e. The number of aliphatic hydroxyl groups excluding tert-OH is 1. The summed E-state index contributed by atoms with van der Waals surface area (Å²) in [5, 5.41) is 19.2. The van der Waals surface area contributed by atoms with E-state index in [9.17, 15) is 23.6 Å². The summed E-state index contributed by atoms with van der Waals surface area (Å²) >= 11 is 0. The average molecular weight is 455 g/mol. The van der Waals surface area contributed by atoms with E-state index in [1.165, 1.54) is 0 Å². The van der Waals surface area contributed by atoms with Gasteiger partial charge in [0.1, 0.15) is 0 Å². The standard InChI is InChI=1S/C23H26N4O4S/c1-26(23(29)11-16-5-6-19-15-32(30,31)25-21(19)10-16)22(14-27-8-7-20(28)13-27)18-4-2-3-17(9-18)12-24/h2-6,9-10,20,22,25,28H,7-8,11,13-15H2,1H3/t20-,22?/m0/s1. The molecule has 2 heterocycles. The van der Waals surface area contributed by atoms with Gasteiger partial charge >= 0.3 is 0 Å². The van der Waals surface area contributed by atoms with E-state index in [-0.39, 0.29) is 30.2 Å². The van der Waals surface area contributed by atoms with Crippen molar-refractivity contribution in [3.8, 4) is 6.07 Å². The first-order valence-corrected chi connectivity index (χ1v) is 12.2. The minimum atomic E-state index is -3.34. The normalized spacial score (nSPS) is 20.2. The molecule has 1 amide bonds. The van der Waals surface area contributed by atoms with Crippen molar-refractivity contribution in [2.24, 2.45) is 0 Å². The second-order valence-electron chi connectivity index (χ2n) is 8.49. The number of rotatable bonds is 6. The molecule has 1 saturated heterocycles. The van der Waals surface area contributed by atoms with Gasteiger partial charge in [-0.3, -0.25) is 14.4 Å². The first kappa shape index (κ1) is 22.3. The highest BCUT2D eigenvalue weighted by Gasteiger charge is 2.29. The van der Waals surface area contributed by atoms with E-state index in [0.717, 1.165) is 17.7 Å². The molecule has 2 aromatic rings. The number of aliphatic hydroxyl groups is 1. The molecule has 168 valence electrons. The molecular weight excluding hydrogens is 428 g/mol. The van der Waals surface area contributed by atoms with Gasteiger partial charge in [-0.05, 0) is 41.3 Å². The van der Waals surface area contributed by atoms with Crippen molar-refractivity contribution in [1.29, 1.82) is 5.26 Å². The van der Waals surface area contributed by atoms with Crippen molar-refractivity contribution >= 4 is 21.6 Å². The second kappa shape index (κ2) is 8.90. The summed E-state index contributed by atoms with van der Waals surface area (Å²) in [6, 6.07) is 14.4. The Morgan fingerprint density at radius 2 is 2.16 bits per heavy atom. The predicted molar refractivity (Wildman–Crippen MR) is 120 cm³/mol. The Morgan fingerprint density at radius 3 is 2.88 bits per heavy atom. The van der Waals surface area contributed by atoms with Gasteiger partial charge in [-0.15, -0.1) is 0 Å². The zero-order valence-electron chi connectivity index (χ0n) is 17.9. The van der Waals surface area contributed by atoms with Crippen molar-refractivity contribution in [1.82, 2.24) is 9.80 Å². The molecule has 0 radical (unpaired) electrons. The molecule has 0 bridgehead atoms. The zero-order valence-corrected chi connectivity index (χ0v) is 18.7. The van der Waals surface area contributed by atoms with E-state index in [4.69, 9.17) is 0 Å². The van der Waals surface area contributed by atoms with Gasteiger partial charge in [0.05, 0.1) is 41.6 Å². The fourth-order valence-electron chi connectivity index (χ4n) is 4.33. The fraction of sp³-hybridized carbons (Fsp3) is 0.391. The van der Waals surface area contributed by atoms with Crippen LogP contribution in [0.5, 0.6) is 0 Å². The van der Waals surface area contributed by atoms with Crippen LogP contribution in [0.2, 0.25) is 0 Å². The van der Waals surface area contributed by atoms with Gasteiger partial charge in [0.15, 0.2) is 0 Å². The Kier molecular flexibility index (Phi) is 6.20. The maximum absolute atomic E-state index is 13.2. The third kappa shape index (κ3) is 4.93. The monoisotopic (exact) mass is 454 g/mol. The van der Waals surface area contributed by atoms with Gasteiger partial charge in [0.25, 0.3) is 0 Å². The van der Waals surface area contributed by atoms with Crippen molar-refractivity contribution in [2.75, 3.05) is 31.4 Å². The summed E-state index contributed by atoms with van der Waals surface area (Å²) in [7, 11) is -1.59. The summed E-state index contributed by atoms with van der Waals surface area (Å²) < 4.78 is 26.1. The number of nitrogens with zero attached hydrogens (tertiary/aromatic N) is 3. The van der Waals surface area contributed by atoms with Crippen LogP contribution in [0, 0.1) is 11.3 Å². The number of carbonyl (C=O) groups excluding carboxylic acids is 1. The minimum Gasteiger partial charge on any atom is -0.392 e. The molecule has 2 aromatic carbocycles. The third-order valence-electron chi connectivity index (χ3n) is 6.08.